The van der Waals surface area contributed by atoms with Crippen LogP contribution in [0.1, 0.15) is 22.9 Å². The zero-order chi connectivity index (χ0) is 12.4. The molecule has 0 aliphatic rings. The van der Waals surface area contributed by atoms with E-state index in [9.17, 15) is 0 Å². The molecule has 0 aliphatic heterocycles. The first-order valence-electron chi connectivity index (χ1n) is 5.56. The molecule has 0 amide bonds. The fourth-order valence-corrected chi connectivity index (χ4v) is 2.22. The fraction of sp³-hybridized carbons (Fsp3) is 0.308. The normalized spacial score (nSPS) is 12.7. The minimum atomic E-state index is -0.0397. The molecule has 0 radical (unpaired) electrons. The largest absolute Gasteiger partial charge is 0.324 e. The van der Waals surface area contributed by atoms with Crippen LogP contribution in [0.3, 0.4) is 0 Å². The van der Waals surface area contributed by atoms with Gasteiger partial charge >= 0.3 is 0 Å². The molecule has 1 aromatic heterocycles. The Labute approximate surface area is 106 Å². The van der Waals surface area contributed by atoms with Crippen molar-refractivity contribution < 1.29 is 0 Å². The minimum Gasteiger partial charge on any atom is -0.324 e. The van der Waals surface area contributed by atoms with Crippen molar-refractivity contribution in [3.63, 3.8) is 0 Å². The van der Waals surface area contributed by atoms with E-state index in [1.165, 1.54) is 0 Å². The zero-order valence-electron chi connectivity index (χ0n) is 10.0. The number of nitrogens with two attached hydrogens (primary N) is 1. The highest BCUT2D eigenvalue weighted by atomic mass is 35.5. The summed E-state index contributed by atoms with van der Waals surface area (Å²) in [5, 5.41) is 5.05. The molecule has 1 atom stereocenters. The van der Waals surface area contributed by atoms with Crippen LogP contribution in [0.2, 0.25) is 5.02 Å². The average molecular weight is 250 g/mol. The number of aromatic nitrogens is 2. The van der Waals surface area contributed by atoms with E-state index in [1.807, 2.05) is 44.4 Å². The summed E-state index contributed by atoms with van der Waals surface area (Å²) in [7, 11) is 1.91. The number of hydrogen-bond donors (Lipinski definition) is 1. The molecule has 17 heavy (non-hydrogen) atoms. The molecule has 0 spiro atoms. The predicted molar refractivity (Wildman–Crippen MR) is 70.0 cm³/mol. The molecule has 2 aromatic rings. The van der Waals surface area contributed by atoms with Gasteiger partial charge in [-0.05, 0) is 31.0 Å². The van der Waals surface area contributed by atoms with E-state index >= 15 is 0 Å². The van der Waals surface area contributed by atoms with Gasteiger partial charge in [0.1, 0.15) is 0 Å². The van der Waals surface area contributed by atoms with Crippen LogP contribution in [-0.4, -0.2) is 9.78 Å². The maximum Gasteiger partial charge on any atom is 0.0641 e. The number of halogens is 1. The van der Waals surface area contributed by atoms with Crippen molar-refractivity contribution in [3.8, 4) is 0 Å². The third kappa shape index (κ3) is 2.87. The van der Waals surface area contributed by atoms with Crippen molar-refractivity contribution in [3.05, 3.63) is 52.3 Å². The molecule has 0 saturated heterocycles. The maximum atomic E-state index is 6.19. The minimum absolute atomic E-state index is 0.0397. The molecule has 1 aromatic carbocycles. The maximum absolute atomic E-state index is 6.19. The van der Waals surface area contributed by atoms with Gasteiger partial charge in [-0.15, -0.1) is 0 Å². The second-order valence-electron chi connectivity index (χ2n) is 4.28. The summed E-state index contributed by atoms with van der Waals surface area (Å²) in [5.74, 6) is 0. The van der Waals surface area contributed by atoms with Gasteiger partial charge in [-0.2, -0.15) is 5.10 Å². The molecule has 0 fully saturated rings. The van der Waals surface area contributed by atoms with Gasteiger partial charge in [-0.1, -0.05) is 23.7 Å². The zero-order valence-corrected chi connectivity index (χ0v) is 10.8. The Hall–Kier alpha value is -1.32. The third-order valence-electron chi connectivity index (χ3n) is 2.80. The van der Waals surface area contributed by atoms with Gasteiger partial charge in [0.05, 0.1) is 5.69 Å². The summed E-state index contributed by atoms with van der Waals surface area (Å²) >= 11 is 5.95. The van der Waals surface area contributed by atoms with Gasteiger partial charge in [0.2, 0.25) is 0 Å². The standard InChI is InChI=1S/C13H16ClN3/c1-9-12(8-17(2)16-9)13(15)7-10-4-3-5-11(14)6-10/h3-6,8,13H,7,15H2,1-2H3. The van der Waals surface area contributed by atoms with Crippen LogP contribution in [-0.2, 0) is 13.5 Å². The fourth-order valence-electron chi connectivity index (χ4n) is 2.01. The van der Waals surface area contributed by atoms with E-state index in [0.717, 1.165) is 28.3 Å². The second kappa shape index (κ2) is 4.90. The van der Waals surface area contributed by atoms with Crippen molar-refractivity contribution in [1.82, 2.24) is 9.78 Å². The number of nitrogens with zero attached hydrogens (tertiary/aromatic N) is 2. The quantitative estimate of drug-likeness (QED) is 0.909. The Bertz CT molecular complexity index is 519. The topological polar surface area (TPSA) is 43.8 Å². The predicted octanol–water partition coefficient (Wildman–Crippen LogP) is 2.62. The number of hydrogen-bond acceptors (Lipinski definition) is 2. The van der Waals surface area contributed by atoms with Gasteiger partial charge in [-0.3, -0.25) is 4.68 Å². The monoisotopic (exact) mass is 249 g/mol. The highest BCUT2D eigenvalue weighted by molar-refractivity contribution is 6.30. The van der Waals surface area contributed by atoms with Gasteiger partial charge in [0.25, 0.3) is 0 Å². The summed E-state index contributed by atoms with van der Waals surface area (Å²) in [6.45, 7) is 1.98. The number of aryl methyl sites for hydroxylation is 2. The lowest BCUT2D eigenvalue weighted by atomic mass is 10.0. The number of rotatable bonds is 3. The Balaban J connectivity index is 2.16. The highest BCUT2D eigenvalue weighted by Gasteiger charge is 2.12. The molecule has 1 unspecified atom stereocenters. The first-order chi connectivity index (χ1) is 8.06. The second-order valence-corrected chi connectivity index (χ2v) is 4.72. The smallest absolute Gasteiger partial charge is 0.0641 e. The van der Waals surface area contributed by atoms with Crippen LogP contribution in [0, 0.1) is 6.92 Å². The SMILES string of the molecule is Cc1nn(C)cc1C(N)Cc1cccc(Cl)c1. The van der Waals surface area contributed by atoms with Crippen LogP contribution in [0.15, 0.2) is 30.5 Å². The first kappa shape index (κ1) is 12.1. The number of benzene rings is 1. The average Bonchev–Trinajstić information content (AvgIpc) is 2.58. The molecule has 3 nitrogen and oxygen atoms in total. The Morgan fingerprint density at radius 3 is 2.82 bits per heavy atom. The van der Waals surface area contributed by atoms with E-state index in [1.54, 1.807) is 4.68 Å². The van der Waals surface area contributed by atoms with Crippen molar-refractivity contribution >= 4 is 11.6 Å². The molecule has 4 heteroatoms. The van der Waals surface area contributed by atoms with Gasteiger partial charge in [0, 0.05) is 29.9 Å². The lowest BCUT2D eigenvalue weighted by Crippen LogP contribution is -2.13. The third-order valence-corrected chi connectivity index (χ3v) is 3.03. The Morgan fingerprint density at radius 2 is 2.24 bits per heavy atom. The molecule has 0 aliphatic carbocycles. The summed E-state index contributed by atoms with van der Waals surface area (Å²) in [5.41, 5.74) is 9.42. The molecule has 0 bridgehead atoms. The molecule has 2 N–H and O–H groups in total. The van der Waals surface area contributed by atoms with Crippen LogP contribution in [0.25, 0.3) is 0 Å². The molecule has 2 rings (SSSR count). The van der Waals surface area contributed by atoms with E-state index in [0.29, 0.717) is 0 Å². The summed E-state index contributed by atoms with van der Waals surface area (Å²) in [4.78, 5) is 0. The van der Waals surface area contributed by atoms with E-state index < -0.39 is 0 Å². The lowest BCUT2D eigenvalue weighted by molar-refractivity contribution is 0.715. The molecular weight excluding hydrogens is 234 g/mol. The van der Waals surface area contributed by atoms with Gasteiger partial charge in [0.15, 0.2) is 0 Å². The molecular formula is C13H16ClN3. The van der Waals surface area contributed by atoms with Crippen LogP contribution < -0.4 is 5.73 Å². The lowest BCUT2D eigenvalue weighted by Gasteiger charge is -2.10. The van der Waals surface area contributed by atoms with Crippen molar-refractivity contribution in [2.75, 3.05) is 0 Å². The van der Waals surface area contributed by atoms with E-state index in [4.69, 9.17) is 17.3 Å². The summed E-state index contributed by atoms with van der Waals surface area (Å²) in [6, 6.07) is 7.76. The van der Waals surface area contributed by atoms with Gasteiger partial charge in [-0.25, -0.2) is 0 Å². The van der Waals surface area contributed by atoms with Crippen LogP contribution in [0.4, 0.5) is 0 Å². The first-order valence-corrected chi connectivity index (χ1v) is 5.94. The summed E-state index contributed by atoms with van der Waals surface area (Å²) in [6.07, 6.45) is 2.75. The summed E-state index contributed by atoms with van der Waals surface area (Å²) < 4.78 is 1.79. The highest BCUT2D eigenvalue weighted by Crippen LogP contribution is 2.20. The Morgan fingerprint density at radius 1 is 1.47 bits per heavy atom. The molecule has 90 valence electrons. The van der Waals surface area contributed by atoms with Crippen molar-refractivity contribution in [2.45, 2.75) is 19.4 Å². The molecule has 1 heterocycles. The van der Waals surface area contributed by atoms with Crippen LogP contribution in [0.5, 0.6) is 0 Å². The van der Waals surface area contributed by atoms with Crippen molar-refractivity contribution in [2.24, 2.45) is 12.8 Å². The molecule has 0 saturated carbocycles. The Kier molecular flexibility index (Phi) is 3.50. The van der Waals surface area contributed by atoms with Crippen molar-refractivity contribution in [1.29, 1.82) is 0 Å². The van der Waals surface area contributed by atoms with Crippen LogP contribution >= 0.6 is 11.6 Å². The van der Waals surface area contributed by atoms with E-state index in [-0.39, 0.29) is 6.04 Å². The van der Waals surface area contributed by atoms with E-state index in [2.05, 4.69) is 5.10 Å². The van der Waals surface area contributed by atoms with Gasteiger partial charge < -0.3 is 5.73 Å².